The molecule has 1 aromatic heterocycles. The van der Waals surface area contributed by atoms with Gasteiger partial charge in [-0.25, -0.2) is 4.79 Å². The molecule has 2 N–H and O–H groups in total. The summed E-state index contributed by atoms with van der Waals surface area (Å²) in [5.41, 5.74) is 0.551. The molecule has 0 saturated carbocycles. The maximum Gasteiger partial charge on any atom is 0.340 e. The Kier molecular flexibility index (Phi) is 4.50. The maximum absolute atomic E-state index is 11.5. The number of amides is 1. The highest BCUT2D eigenvalue weighted by atomic mass is 16.5. The number of carbonyl (C=O) groups excluding carboxylic acids is 1. The van der Waals surface area contributed by atoms with Crippen LogP contribution in [0.4, 0.5) is 0 Å². The third-order valence-electron chi connectivity index (χ3n) is 2.76. The molecular weight excluding hydrogens is 272 g/mol. The van der Waals surface area contributed by atoms with E-state index in [1.807, 2.05) is 0 Å². The predicted octanol–water partition coefficient (Wildman–Crippen LogP) is 1.61. The molecule has 0 aliphatic heterocycles. The number of rotatable bonds is 6. The fourth-order valence-electron chi connectivity index (χ4n) is 1.83. The normalized spacial score (nSPS) is 10.1. The van der Waals surface area contributed by atoms with Crippen molar-refractivity contribution in [1.29, 1.82) is 0 Å². The molecule has 0 bridgehead atoms. The van der Waals surface area contributed by atoms with Gasteiger partial charge in [-0.1, -0.05) is 24.3 Å². The van der Waals surface area contributed by atoms with Crippen molar-refractivity contribution in [1.82, 2.24) is 10.3 Å². The molecule has 0 aliphatic rings. The third-order valence-corrected chi connectivity index (χ3v) is 2.76. The van der Waals surface area contributed by atoms with Crippen LogP contribution in [0.25, 0.3) is 10.9 Å². The van der Waals surface area contributed by atoms with E-state index in [4.69, 9.17) is 4.74 Å². The molecule has 0 unspecified atom stereocenters. The molecule has 6 nitrogen and oxygen atoms in total. The quantitative estimate of drug-likeness (QED) is 0.788. The molecule has 6 heteroatoms. The average molecular weight is 286 g/mol. The van der Waals surface area contributed by atoms with Gasteiger partial charge in [-0.15, -0.1) is 6.58 Å². The summed E-state index contributed by atoms with van der Waals surface area (Å²) in [6, 6.07) is 6.85. The van der Waals surface area contributed by atoms with Crippen LogP contribution in [0.3, 0.4) is 0 Å². The van der Waals surface area contributed by atoms with Gasteiger partial charge in [-0.2, -0.15) is 0 Å². The van der Waals surface area contributed by atoms with Crippen LogP contribution in [0.1, 0.15) is 10.4 Å². The number of benzene rings is 1. The summed E-state index contributed by atoms with van der Waals surface area (Å²) in [6.45, 7) is 3.52. The second kappa shape index (κ2) is 6.51. The average Bonchev–Trinajstić information content (AvgIpc) is 2.49. The topological polar surface area (TPSA) is 88.5 Å². The van der Waals surface area contributed by atoms with Crippen molar-refractivity contribution in [2.75, 3.05) is 13.2 Å². The molecule has 0 saturated heterocycles. The zero-order valence-electron chi connectivity index (χ0n) is 11.2. The highest BCUT2D eigenvalue weighted by Gasteiger charge is 2.17. The molecule has 1 heterocycles. The Morgan fingerprint density at radius 1 is 1.38 bits per heavy atom. The van der Waals surface area contributed by atoms with E-state index in [0.717, 1.165) is 0 Å². The van der Waals surface area contributed by atoms with Crippen LogP contribution in [0.2, 0.25) is 0 Å². The van der Waals surface area contributed by atoms with Crippen molar-refractivity contribution in [3.8, 4) is 5.75 Å². The number of pyridine rings is 1. The number of carboxylic acids is 1. The summed E-state index contributed by atoms with van der Waals surface area (Å²) in [7, 11) is 0. The molecule has 0 spiro atoms. The minimum Gasteiger partial charge on any atom is -0.481 e. The number of ether oxygens (including phenoxy) is 1. The first kappa shape index (κ1) is 14.5. The predicted molar refractivity (Wildman–Crippen MR) is 77.4 cm³/mol. The van der Waals surface area contributed by atoms with Crippen molar-refractivity contribution < 1.29 is 19.4 Å². The van der Waals surface area contributed by atoms with Crippen molar-refractivity contribution in [3.05, 3.63) is 48.7 Å². The number of aromatic carboxylic acids is 1. The second-order valence-electron chi connectivity index (χ2n) is 4.20. The second-order valence-corrected chi connectivity index (χ2v) is 4.20. The van der Waals surface area contributed by atoms with Crippen LogP contribution in [0.5, 0.6) is 5.75 Å². The Morgan fingerprint density at radius 2 is 2.14 bits per heavy atom. The Balaban J connectivity index is 2.27. The Hall–Kier alpha value is -2.89. The summed E-state index contributed by atoms with van der Waals surface area (Å²) in [5.74, 6) is -1.43. The van der Waals surface area contributed by atoms with Crippen LogP contribution in [-0.2, 0) is 4.79 Å². The highest BCUT2D eigenvalue weighted by molar-refractivity contribution is 6.04. The van der Waals surface area contributed by atoms with E-state index in [2.05, 4.69) is 16.9 Å². The maximum atomic E-state index is 11.5. The van der Waals surface area contributed by atoms with E-state index in [0.29, 0.717) is 17.4 Å². The molecule has 1 amide bonds. The van der Waals surface area contributed by atoms with Crippen LogP contribution >= 0.6 is 0 Å². The van der Waals surface area contributed by atoms with Crippen LogP contribution in [-0.4, -0.2) is 35.1 Å². The Bertz CT molecular complexity index is 697. The third kappa shape index (κ3) is 3.36. The minimum absolute atomic E-state index is 0.00267. The van der Waals surface area contributed by atoms with Gasteiger partial charge in [0.2, 0.25) is 0 Å². The SMILES string of the molecule is C=CCNC(=O)COc1cnc2ccccc2c1C(=O)O. The lowest BCUT2D eigenvalue weighted by Gasteiger charge is -2.10. The number of carbonyl (C=O) groups is 2. The summed E-state index contributed by atoms with van der Waals surface area (Å²) < 4.78 is 5.28. The summed E-state index contributed by atoms with van der Waals surface area (Å²) >= 11 is 0. The van der Waals surface area contributed by atoms with Crippen molar-refractivity contribution in [3.63, 3.8) is 0 Å². The molecule has 0 atom stereocenters. The zero-order valence-corrected chi connectivity index (χ0v) is 11.2. The number of fused-ring (bicyclic) bond motifs is 1. The van der Waals surface area contributed by atoms with E-state index in [1.165, 1.54) is 12.3 Å². The van der Waals surface area contributed by atoms with E-state index in [-0.39, 0.29) is 23.8 Å². The van der Waals surface area contributed by atoms with Gasteiger partial charge >= 0.3 is 5.97 Å². The number of hydrogen-bond donors (Lipinski definition) is 2. The van der Waals surface area contributed by atoms with Gasteiger partial charge in [0.1, 0.15) is 5.56 Å². The van der Waals surface area contributed by atoms with Gasteiger partial charge in [0.25, 0.3) is 5.91 Å². The van der Waals surface area contributed by atoms with Crippen molar-refractivity contribution in [2.45, 2.75) is 0 Å². The number of aromatic nitrogens is 1. The van der Waals surface area contributed by atoms with E-state index >= 15 is 0 Å². The lowest BCUT2D eigenvalue weighted by molar-refractivity contribution is -0.122. The molecule has 108 valence electrons. The first-order valence-corrected chi connectivity index (χ1v) is 6.25. The van der Waals surface area contributed by atoms with E-state index in [9.17, 15) is 14.7 Å². The number of hydrogen-bond acceptors (Lipinski definition) is 4. The summed E-state index contributed by atoms with van der Waals surface area (Å²) in [4.78, 5) is 27.0. The van der Waals surface area contributed by atoms with Gasteiger partial charge in [-0.05, 0) is 6.07 Å². The smallest absolute Gasteiger partial charge is 0.340 e. The summed E-state index contributed by atoms with van der Waals surface area (Å²) in [6.07, 6.45) is 2.85. The number of nitrogens with one attached hydrogen (secondary N) is 1. The molecule has 2 aromatic rings. The largest absolute Gasteiger partial charge is 0.481 e. The van der Waals surface area contributed by atoms with Crippen molar-refractivity contribution in [2.24, 2.45) is 0 Å². The zero-order chi connectivity index (χ0) is 15.2. The number of nitrogens with zero attached hydrogens (tertiary/aromatic N) is 1. The highest BCUT2D eigenvalue weighted by Crippen LogP contribution is 2.26. The number of para-hydroxylation sites is 1. The lowest BCUT2D eigenvalue weighted by atomic mass is 10.1. The number of carboxylic acid groups (broad SMARTS) is 1. The van der Waals surface area contributed by atoms with Crippen LogP contribution < -0.4 is 10.1 Å². The first-order chi connectivity index (χ1) is 10.1. The lowest BCUT2D eigenvalue weighted by Crippen LogP contribution is -2.29. The van der Waals surface area contributed by atoms with Gasteiger partial charge in [-0.3, -0.25) is 9.78 Å². The van der Waals surface area contributed by atoms with E-state index < -0.39 is 5.97 Å². The molecule has 2 rings (SSSR count). The molecule has 0 fully saturated rings. The molecule has 21 heavy (non-hydrogen) atoms. The van der Waals surface area contributed by atoms with Crippen LogP contribution in [0.15, 0.2) is 43.1 Å². The van der Waals surface area contributed by atoms with Gasteiger partial charge in [0.15, 0.2) is 12.4 Å². The summed E-state index contributed by atoms with van der Waals surface area (Å²) in [5, 5.41) is 12.4. The van der Waals surface area contributed by atoms with Gasteiger partial charge in [0, 0.05) is 11.9 Å². The van der Waals surface area contributed by atoms with Gasteiger partial charge in [0.05, 0.1) is 11.7 Å². The van der Waals surface area contributed by atoms with Crippen LogP contribution in [0, 0.1) is 0 Å². The van der Waals surface area contributed by atoms with Gasteiger partial charge < -0.3 is 15.2 Å². The molecule has 0 radical (unpaired) electrons. The van der Waals surface area contributed by atoms with E-state index in [1.54, 1.807) is 24.3 Å². The standard InChI is InChI=1S/C15H14N2O4/c1-2-7-16-13(18)9-21-12-8-17-11-6-4-3-5-10(11)14(12)15(19)20/h2-6,8H,1,7,9H2,(H,16,18)(H,19,20). The first-order valence-electron chi connectivity index (χ1n) is 6.25. The monoisotopic (exact) mass is 286 g/mol. The molecule has 0 aliphatic carbocycles. The Labute approximate surface area is 121 Å². The fraction of sp³-hybridized carbons (Fsp3) is 0.133. The molecular formula is C15H14N2O4. The minimum atomic E-state index is -1.13. The molecule has 1 aromatic carbocycles. The van der Waals surface area contributed by atoms with Crippen molar-refractivity contribution >= 4 is 22.8 Å². The fourth-order valence-corrected chi connectivity index (χ4v) is 1.83. The Morgan fingerprint density at radius 3 is 2.86 bits per heavy atom.